The van der Waals surface area contributed by atoms with Gasteiger partial charge in [-0.1, -0.05) is 13.0 Å². The second-order valence-electron chi connectivity index (χ2n) is 2.53. The molecular weight excluding hydrogens is 140 g/mol. The smallest absolute Gasteiger partial charge is 0.126 e. The van der Waals surface area contributed by atoms with Gasteiger partial charge in [-0.3, -0.25) is 0 Å². The molecule has 0 aliphatic carbocycles. The summed E-state index contributed by atoms with van der Waals surface area (Å²) in [5.41, 5.74) is 0. The average Bonchev–Trinajstić information content (AvgIpc) is 2.52. The van der Waals surface area contributed by atoms with Crippen LogP contribution in [0.25, 0.3) is 6.08 Å². The van der Waals surface area contributed by atoms with Crippen molar-refractivity contribution in [1.82, 2.24) is 0 Å². The molecule has 1 rings (SSSR count). The number of hydrogen-bond donors (Lipinski definition) is 1. The van der Waals surface area contributed by atoms with Crippen molar-refractivity contribution in [1.29, 1.82) is 0 Å². The van der Waals surface area contributed by atoms with Crippen LogP contribution in [0.3, 0.4) is 0 Å². The fourth-order valence-electron chi connectivity index (χ4n) is 0.706. The molecular formula is C9H12O2. The highest BCUT2D eigenvalue weighted by Gasteiger charge is 1.92. The molecule has 1 N–H and O–H groups in total. The Balaban J connectivity index is 2.48. The largest absolute Gasteiger partial charge is 0.465 e. The summed E-state index contributed by atoms with van der Waals surface area (Å²) in [7, 11) is 0. The van der Waals surface area contributed by atoms with E-state index in [9.17, 15) is 0 Å². The van der Waals surface area contributed by atoms with E-state index in [1.807, 2.05) is 31.2 Å². The Morgan fingerprint density at radius 2 is 2.55 bits per heavy atom. The highest BCUT2D eigenvalue weighted by Crippen LogP contribution is 2.05. The Morgan fingerprint density at radius 1 is 1.73 bits per heavy atom. The highest BCUT2D eigenvalue weighted by atomic mass is 16.3. The first kappa shape index (κ1) is 8.08. The second kappa shape index (κ2) is 3.98. The van der Waals surface area contributed by atoms with Crippen LogP contribution in [0.15, 0.2) is 28.9 Å². The predicted octanol–water partition coefficient (Wildman–Crippen LogP) is 1.92. The van der Waals surface area contributed by atoms with Crippen molar-refractivity contribution >= 4 is 6.08 Å². The first-order valence-electron chi connectivity index (χ1n) is 3.65. The van der Waals surface area contributed by atoms with Crippen molar-refractivity contribution < 1.29 is 9.52 Å². The number of rotatable bonds is 3. The van der Waals surface area contributed by atoms with Crippen LogP contribution in [0.2, 0.25) is 0 Å². The van der Waals surface area contributed by atoms with Gasteiger partial charge in [0, 0.05) is 6.61 Å². The molecule has 0 fully saturated rings. The molecule has 11 heavy (non-hydrogen) atoms. The van der Waals surface area contributed by atoms with Gasteiger partial charge in [-0.2, -0.15) is 0 Å². The monoisotopic (exact) mass is 152 g/mol. The van der Waals surface area contributed by atoms with Crippen molar-refractivity contribution in [3.8, 4) is 0 Å². The van der Waals surface area contributed by atoms with Crippen LogP contribution in [0.5, 0.6) is 0 Å². The molecule has 0 saturated carbocycles. The molecule has 0 aliphatic heterocycles. The molecule has 0 aliphatic rings. The first-order valence-corrected chi connectivity index (χ1v) is 3.65. The van der Waals surface area contributed by atoms with E-state index in [4.69, 9.17) is 9.52 Å². The van der Waals surface area contributed by atoms with E-state index < -0.39 is 0 Å². The van der Waals surface area contributed by atoms with Crippen LogP contribution >= 0.6 is 0 Å². The lowest BCUT2D eigenvalue weighted by Crippen LogP contribution is -1.94. The van der Waals surface area contributed by atoms with E-state index in [1.54, 1.807) is 6.26 Å². The third-order valence-electron chi connectivity index (χ3n) is 1.42. The Kier molecular flexibility index (Phi) is 2.93. The lowest BCUT2D eigenvalue weighted by Gasteiger charge is -1.96. The fraction of sp³-hybridized carbons (Fsp3) is 0.333. The summed E-state index contributed by atoms with van der Waals surface area (Å²) in [6.45, 7) is 2.12. The van der Waals surface area contributed by atoms with E-state index in [-0.39, 0.29) is 12.5 Å². The van der Waals surface area contributed by atoms with Crippen molar-refractivity contribution in [3.63, 3.8) is 0 Å². The maximum Gasteiger partial charge on any atom is 0.126 e. The van der Waals surface area contributed by atoms with Gasteiger partial charge in [0.15, 0.2) is 0 Å². The maximum absolute atomic E-state index is 8.68. The van der Waals surface area contributed by atoms with Gasteiger partial charge < -0.3 is 9.52 Å². The van der Waals surface area contributed by atoms with Gasteiger partial charge in [-0.15, -0.1) is 0 Å². The summed E-state index contributed by atoms with van der Waals surface area (Å²) in [6.07, 6.45) is 5.41. The molecule has 0 bridgehead atoms. The summed E-state index contributed by atoms with van der Waals surface area (Å²) < 4.78 is 5.06. The topological polar surface area (TPSA) is 33.4 Å². The predicted molar refractivity (Wildman–Crippen MR) is 44.0 cm³/mol. The summed E-state index contributed by atoms with van der Waals surface area (Å²) >= 11 is 0. The number of hydrogen-bond acceptors (Lipinski definition) is 2. The summed E-state index contributed by atoms with van der Waals surface area (Å²) in [5, 5.41) is 8.68. The number of furan rings is 1. The van der Waals surface area contributed by atoms with Crippen molar-refractivity contribution in [2.75, 3.05) is 6.61 Å². The van der Waals surface area contributed by atoms with Crippen LogP contribution in [-0.2, 0) is 0 Å². The molecule has 2 nitrogen and oxygen atoms in total. The maximum atomic E-state index is 8.68. The minimum atomic E-state index is 0.178. The van der Waals surface area contributed by atoms with E-state index in [2.05, 4.69) is 0 Å². The van der Waals surface area contributed by atoms with Gasteiger partial charge in [0.05, 0.1) is 6.26 Å². The zero-order chi connectivity index (χ0) is 8.10. The van der Waals surface area contributed by atoms with E-state index >= 15 is 0 Å². The van der Waals surface area contributed by atoms with Gasteiger partial charge in [0.2, 0.25) is 0 Å². The molecule has 1 aromatic heterocycles. The molecule has 0 radical (unpaired) electrons. The van der Waals surface area contributed by atoms with E-state index in [1.165, 1.54) is 0 Å². The van der Waals surface area contributed by atoms with Gasteiger partial charge in [-0.05, 0) is 24.1 Å². The number of aliphatic hydroxyl groups is 1. The molecule has 1 atom stereocenters. The van der Waals surface area contributed by atoms with E-state index in [0.717, 1.165) is 5.76 Å². The minimum Gasteiger partial charge on any atom is -0.465 e. The molecule has 0 spiro atoms. The third kappa shape index (κ3) is 2.60. The Morgan fingerprint density at radius 3 is 3.09 bits per heavy atom. The Bertz CT molecular complexity index is 211. The standard InChI is InChI=1S/C9H12O2/c1-8(7-10)4-5-9-3-2-6-11-9/h2-6,8,10H,7H2,1H3/b5-4+/t8-/m0/s1. The van der Waals surface area contributed by atoms with E-state index in [0.29, 0.717) is 0 Å². The van der Waals surface area contributed by atoms with Crippen molar-refractivity contribution in [3.05, 3.63) is 30.2 Å². The number of aliphatic hydroxyl groups excluding tert-OH is 1. The highest BCUT2D eigenvalue weighted by molar-refractivity contribution is 5.42. The molecule has 1 heterocycles. The van der Waals surface area contributed by atoms with Gasteiger partial charge in [0.25, 0.3) is 0 Å². The normalized spacial score (nSPS) is 14.0. The van der Waals surface area contributed by atoms with Crippen LogP contribution in [-0.4, -0.2) is 11.7 Å². The summed E-state index contributed by atoms with van der Waals surface area (Å²) in [6, 6.07) is 3.71. The van der Waals surface area contributed by atoms with Crippen LogP contribution < -0.4 is 0 Å². The van der Waals surface area contributed by atoms with Crippen LogP contribution in [0.1, 0.15) is 12.7 Å². The third-order valence-corrected chi connectivity index (χ3v) is 1.42. The quantitative estimate of drug-likeness (QED) is 0.717. The second-order valence-corrected chi connectivity index (χ2v) is 2.53. The van der Waals surface area contributed by atoms with Crippen LogP contribution in [0.4, 0.5) is 0 Å². The van der Waals surface area contributed by atoms with Crippen molar-refractivity contribution in [2.45, 2.75) is 6.92 Å². The molecule has 1 aromatic rings. The summed E-state index contributed by atoms with van der Waals surface area (Å²) in [5.74, 6) is 1.02. The Hall–Kier alpha value is -1.02. The molecule has 0 amide bonds. The zero-order valence-electron chi connectivity index (χ0n) is 6.53. The fourth-order valence-corrected chi connectivity index (χ4v) is 0.706. The van der Waals surface area contributed by atoms with Gasteiger partial charge in [-0.25, -0.2) is 0 Å². The molecule has 2 heteroatoms. The lowest BCUT2D eigenvalue weighted by atomic mass is 10.2. The molecule has 0 saturated heterocycles. The lowest BCUT2D eigenvalue weighted by molar-refractivity contribution is 0.262. The SMILES string of the molecule is C[C@@H](/C=C/c1ccco1)CO. The average molecular weight is 152 g/mol. The zero-order valence-corrected chi connectivity index (χ0v) is 6.53. The minimum absolute atomic E-state index is 0.178. The molecule has 0 aromatic carbocycles. The Labute approximate surface area is 66.2 Å². The van der Waals surface area contributed by atoms with Crippen molar-refractivity contribution in [2.24, 2.45) is 5.92 Å². The van der Waals surface area contributed by atoms with Gasteiger partial charge in [0.1, 0.15) is 5.76 Å². The molecule has 0 unspecified atom stereocenters. The summed E-state index contributed by atoms with van der Waals surface area (Å²) in [4.78, 5) is 0. The first-order chi connectivity index (χ1) is 5.33. The molecule has 60 valence electrons. The van der Waals surface area contributed by atoms with Gasteiger partial charge >= 0.3 is 0 Å². The van der Waals surface area contributed by atoms with Crippen LogP contribution in [0, 0.1) is 5.92 Å².